The van der Waals surface area contributed by atoms with Crippen molar-refractivity contribution >= 4 is 22.4 Å². The molecule has 7 heteroatoms. The molecule has 20 heavy (non-hydrogen) atoms. The Balaban J connectivity index is 0.00000361. The Morgan fingerprint density at radius 1 is 1.35 bits per heavy atom. The third kappa shape index (κ3) is 4.18. The maximum Gasteiger partial charge on any atom is 0.241 e. The Bertz CT molecular complexity index is 569. The predicted octanol–water partition coefficient (Wildman–Crippen LogP) is 1.78. The fraction of sp³-hybridized carbons (Fsp3) is 0.462. The predicted molar refractivity (Wildman–Crippen MR) is 81.1 cm³/mol. The van der Waals surface area contributed by atoms with Gasteiger partial charge in [0.25, 0.3) is 0 Å². The van der Waals surface area contributed by atoms with E-state index in [9.17, 15) is 8.42 Å². The summed E-state index contributed by atoms with van der Waals surface area (Å²) in [6, 6.07) is 7.87. The number of hydrogen-bond donors (Lipinski definition) is 2. The van der Waals surface area contributed by atoms with Crippen LogP contribution in [0.1, 0.15) is 32.3 Å². The van der Waals surface area contributed by atoms with Crippen LogP contribution in [0.15, 0.2) is 29.2 Å². The van der Waals surface area contributed by atoms with E-state index in [0.717, 1.165) is 0 Å². The highest BCUT2D eigenvalue weighted by atomic mass is 35.5. The zero-order valence-corrected chi connectivity index (χ0v) is 13.2. The van der Waals surface area contributed by atoms with Crippen molar-refractivity contribution in [1.82, 2.24) is 4.72 Å². The summed E-state index contributed by atoms with van der Waals surface area (Å²) in [6.07, 6.45) is 1.22. The van der Waals surface area contributed by atoms with Crippen LogP contribution in [0.5, 0.6) is 0 Å². The van der Waals surface area contributed by atoms with E-state index in [0.29, 0.717) is 18.4 Å². The van der Waals surface area contributed by atoms with E-state index in [1.54, 1.807) is 12.1 Å². The van der Waals surface area contributed by atoms with Gasteiger partial charge in [-0.15, -0.1) is 12.4 Å². The molecule has 0 saturated carbocycles. The zero-order valence-electron chi connectivity index (χ0n) is 11.6. The van der Waals surface area contributed by atoms with Crippen LogP contribution in [0.2, 0.25) is 0 Å². The van der Waals surface area contributed by atoms with Gasteiger partial charge >= 0.3 is 0 Å². The van der Waals surface area contributed by atoms with Gasteiger partial charge in [0.15, 0.2) is 0 Å². The molecule has 0 aliphatic carbocycles. The Morgan fingerprint density at radius 3 is 2.40 bits per heavy atom. The van der Waals surface area contributed by atoms with Gasteiger partial charge in [0, 0.05) is 12.1 Å². The second-order valence-corrected chi connectivity index (χ2v) is 6.12. The van der Waals surface area contributed by atoms with Crippen molar-refractivity contribution < 1.29 is 8.42 Å². The van der Waals surface area contributed by atoms with Gasteiger partial charge in [0.1, 0.15) is 0 Å². The van der Waals surface area contributed by atoms with Crippen LogP contribution in [-0.2, 0) is 10.0 Å². The quantitative estimate of drug-likeness (QED) is 0.835. The van der Waals surface area contributed by atoms with E-state index in [1.165, 1.54) is 12.1 Å². The standard InChI is InChI=1S/C13H19N3O2S.ClH/c1-3-13(4-2,10-15)16-19(17,18)12-7-5-6-11(8-12)9-14;/h5-8,16H,3-4,10,15H2,1-2H3;1H. The Morgan fingerprint density at radius 2 is 1.95 bits per heavy atom. The lowest BCUT2D eigenvalue weighted by atomic mass is 9.95. The first kappa shape index (κ1) is 18.9. The van der Waals surface area contributed by atoms with E-state index < -0.39 is 15.6 Å². The molecular weight excluding hydrogens is 298 g/mol. The van der Waals surface area contributed by atoms with Crippen molar-refractivity contribution in [3.8, 4) is 6.07 Å². The minimum absolute atomic E-state index is 0. The summed E-state index contributed by atoms with van der Waals surface area (Å²) in [5.74, 6) is 0. The Kier molecular flexibility index (Phi) is 7.17. The monoisotopic (exact) mass is 317 g/mol. The molecule has 0 spiro atoms. The molecule has 0 aromatic heterocycles. The minimum atomic E-state index is -3.67. The highest BCUT2D eigenvalue weighted by Gasteiger charge is 2.30. The third-order valence-corrected chi connectivity index (χ3v) is 4.94. The summed E-state index contributed by atoms with van der Waals surface area (Å²) in [5.41, 5.74) is 5.37. The lowest BCUT2D eigenvalue weighted by Crippen LogP contribution is -2.52. The highest BCUT2D eigenvalue weighted by molar-refractivity contribution is 7.89. The summed E-state index contributed by atoms with van der Waals surface area (Å²) in [6.45, 7) is 4.02. The van der Waals surface area contributed by atoms with Crippen molar-refractivity contribution in [3.05, 3.63) is 29.8 Å². The summed E-state index contributed by atoms with van der Waals surface area (Å²) in [5, 5.41) is 8.81. The number of nitriles is 1. The van der Waals surface area contributed by atoms with Crippen molar-refractivity contribution in [1.29, 1.82) is 5.26 Å². The molecule has 0 aliphatic heterocycles. The fourth-order valence-corrected chi connectivity index (χ4v) is 3.40. The molecule has 0 aliphatic rings. The first-order valence-corrected chi connectivity index (χ1v) is 7.65. The molecule has 0 atom stereocenters. The second-order valence-electron chi connectivity index (χ2n) is 4.44. The molecular formula is C13H20ClN3O2S. The van der Waals surface area contributed by atoms with Crippen molar-refractivity contribution in [2.45, 2.75) is 37.1 Å². The van der Waals surface area contributed by atoms with Gasteiger partial charge in [-0.1, -0.05) is 19.9 Å². The van der Waals surface area contributed by atoms with Crippen LogP contribution in [-0.4, -0.2) is 20.5 Å². The van der Waals surface area contributed by atoms with Crippen molar-refractivity contribution in [3.63, 3.8) is 0 Å². The lowest BCUT2D eigenvalue weighted by Gasteiger charge is -2.30. The van der Waals surface area contributed by atoms with Gasteiger partial charge in [0.05, 0.1) is 16.5 Å². The Hall–Kier alpha value is -1.13. The van der Waals surface area contributed by atoms with Gasteiger partial charge < -0.3 is 5.73 Å². The molecule has 1 aromatic rings. The first-order valence-electron chi connectivity index (χ1n) is 6.17. The van der Waals surface area contributed by atoms with Crippen LogP contribution < -0.4 is 10.5 Å². The van der Waals surface area contributed by atoms with Gasteiger partial charge in [0.2, 0.25) is 10.0 Å². The number of rotatable bonds is 6. The molecule has 0 heterocycles. The third-order valence-electron chi connectivity index (χ3n) is 3.37. The average molecular weight is 318 g/mol. The second kappa shape index (κ2) is 7.60. The molecule has 0 fully saturated rings. The number of benzene rings is 1. The molecule has 0 radical (unpaired) electrons. The van der Waals surface area contributed by atoms with Crippen molar-refractivity contribution in [2.24, 2.45) is 5.73 Å². The molecule has 0 saturated heterocycles. The number of hydrogen-bond acceptors (Lipinski definition) is 4. The van der Waals surface area contributed by atoms with Crippen LogP contribution in [0.4, 0.5) is 0 Å². The fourth-order valence-electron chi connectivity index (χ4n) is 1.80. The van der Waals surface area contributed by atoms with Gasteiger partial charge in [-0.05, 0) is 31.0 Å². The van der Waals surface area contributed by atoms with Crippen LogP contribution in [0.3, 0.4) is 0 Å². The van der Waals surface area contributed by atoms with Crippen molar-refractivity contribution in [2.75, 3.05) is 6.54 Å². The summed E-state index contributed by atoms with van der Waals surface area (Å²) in [4.78, 5) is 0.0891. The zero-order chi connectivity index (χ0) is 14.5. The van der Waals surface area contributed by atoms with Crippen LogP contribution >= 0.6 is 12.4 Å². The Labute approximate surface area is 126 Å². The van der Waals surface area contributed by atoms with E-state index in [2.05, 4.69) is 4.72 Å². The number of nitrogens with zero attached hydrogens (tertiary/aromatic N) is 1. The highest BCUT2D eigenvalue weighted by Crippen LogP contribution is 2.19. The average Bonchev–Trinajstić information content (AvgIpc) is 2.45. The van der Waals surface area contributed by atoms with Gasteiger partial charge in [-0.3, -0.25) is 0 Å². The normalized spacial score (nSPS) is 11.5. The van der Waals surface area contributed by atoms with Crippen LogP contribution in [0, 0.1) is 11.3 Å². The topological polar surface area (TPSA) is 96.0 Å². The smallest absolute Gasteiger partial charge is 0.241 e. The summed E-state index contributed by atoms with van der Waals surface area (Å²) in [7, 11) is -3.67. The number of nitrogens with two attached hydrogens (primary N) is 1. The molecule has 0 amide bonds. The summed E-state index contributed by atoms with van der Waals surface area (Å²) >= 11 is 0. The molecule has 5 nitrogen and oxygen atoms in total. The number of sulfonamides is 1. The molecule has 112 valence electrons. The number of nitrogens with one attached hydrogen (secondary N) is 1. The van der Waals surface area contributed by atoms with Crippen LogP contribution in [0.25, 0.3) is 0 Å². The van der Waals surface area contributed by atoms with E-state index in [1.807, 2.05) is 19.9 Å². The lowest BCUT2D eigenvalue weighted by molar-refractivity contribution is 0.363. The number of halogens is 1. The minimum Gasteiger partial charge on any atom is -0.329 e. The van der Waals surface area contributed by atoms with E-state index >= 15 is 0 Å². The largest absolute Gasteiger partial charge is 0.329 e. The molecule has 1 aromatic carbocycles. The maximum absolute atomic E-state index is 12.3. The molecule has 3 N–H and O–H groups in total. The van der Waals surface area contributed by atoms with E-state index in [-0.39, 0.29) is 23.8 Å². The molecule has 0 bridgehead atoms. The first-order chi connectivity index (χ1) is 8.93. The molecule has 1 rings (SSSR count). The van der Waals surface area contributed by atoms with Gasteiger partial charge in [-0.2, -0.15) is 5.26 Å². The maximum atomic E-state index is 12.3. The molecule has 0 unspecified atom stereocenters. The van der Waals surface area contributed by atoms with Gasteiger partial charge in [-0.25, -0.2) is 13.1 Å². The SMILES string of the molecule is CCC(CC)(CN)NS(=O)(=O)c1cccc(C#N)c1.Cl. The van der Waals surface area contributed by atoms with E-state index in [4.69, 9.17) is 11.0 Å². The summed E-state index contributed by atoms with van der Waals surface area (Å²) < 4.78 is 27.3.